The van der Waals surface area contributed by atoms with Crippen molar-refractivity contribution in [3.8, 4) is 11.5 Å². The Morgan fingerprint density at radius 3 is 1.86 bits per heavy atom. The molecular weight excluding hydrogens is 386 g/mol. The van der Waals surface area contributed by atoms with E-state index in [2.05, 4.69) is 0 Å². The van der Waals surface area contributed by atoms with Crippen molar-refractivity contribution in [2.24, 2.45) is 5.73 Å². The van der Waals surface area contributed by atoms with Gasteiger partial charge in [0.05, 0.1) is 0 Å². The molecule has 0 heterocycles. The van der Waals surface area contributed by atoms with Crippen LogP contribution in [0.2, 0.25) is 0 Å². The van der Waals surface area contributed by atoms with Gasteiger partial charge in [-0.1, -0.05) is 45.9 Å². The van der Waals surface area contributed by atoms with Gasteiger partial charge in [-0.3, -0.25) is 9.59 Å². The average molecular weight is 416 g/mol. The third-order valence-electron chi connectivity index (χ3n) is 3.79. The summed E-state index contributed by atoms with van der Waals surface area (Å²) in [6.07, 6.45) is 0.444. The summed E-state index contributed by atoms with van der Waals surface area (Å²) in [5.74, 6) is -1.33. The van der Waals surface area contributed by atoms with E-state index in [4.69, 9.17) is 15.9 Å². The molecule has 0 radical (unpaired) electrons. The van der Waals surface area contributed by atoms with E-state index in [0.29, 0.717) is 6.54 Å². The molecule has 8 heteroatoms. The molecule has 7 nitrogen and oxygen atoms in total. The number of hydrogen-bond donors (Lipinski definition) is 5. The second-order valence-electron chi connectivity index (χ2n) is 6.45. The summed E-state index contributed by atoms with van der Waals surface area (Å²) >= 11 is 0. The lowest BCUT2D eigenvalue weighted by Gasteiger charge is -2.25. The smallest absolute Gasteiger partial charge is 0.303 e. The molecule has 158 valence electrons. The maximum atomic E-state index is 9.99. The second-order valence-corrected chi connectivity index (χ2v) is 6.45. The van der Waals surface area contributed by atoms with Crippen LogP contribution in [0, 0.1) is 0 Å². The molecular formula is C20H30ClNO6. The zero-order chi connectivity index (χ0) is 21.2. The van der Waals surface area contributed by atoms with Crippen LogP contribution < -0.4 is 5.73 Å². The number of phenolic OH excluding ortho intramolecular Hbond substituents is 2. The number of phenols is 2. The summed E-state index contributed by atoms with van der Waals surface area (Å²) in [6.45, 7) is 7.76. The van der Waals surface area contributed by atoms with Crippen molar-refractivity contribution in [3.05, 3.63) is 35.9 Å². The summed E-state index contributed by atoms with van der Waals surface area (Å²) in [5, 5.41) is 36.5. The van der Waals surface area contributed by atoms with Crippen molar-refractivity contribution in [1.82, 2.24) is 0 Å². The average Bonchev–Trinajstić information content (AvgIpc) is 2.61. The summed E-state index contributed by atoms with van der Waals surface area (Å²) in [6, 6.07) is 8.74. The predicted octanol–water partition coefficient (Wildman–Crippen LogP) is 3.87. The van der Waals surface area contributed by atoms with E-state index in [1.165, 1.54) is 6.07 Å². The number of fused-ring (bicyclic) bond motifs is 1. The minimum atomic E-state index is -0.745. The molecule has 0 amide bonds. The van der Waals surface area contributed by atoms with E-state index in [1.54, 1.807) is 19.9 Å². The molecule has 0 atom stereocenters. The van der Waals surface area contributed by atoms with Crippen molar-refractivity contribution in [2.75, 3.05) is 6.54 Å². The van der Waals surface area contributed by atoms with Crippen LogP contribution in [0.25, 0.3) is 10.8 Å². The van der Waals surface area contributed by atoms with Crippen LogP contribution in [-0.2, 0) is 15.0 Å². The second kappa shape index (κ2) is 12.8. The minimum absolute atomic E-state index is 0. The number of carboxylic acid groups (broad SMARTS) is 2. The summed E-state index contributed by atoms with van der Waals surface area (Å²) in [4.78, 5) is 18.7. The van der Waals surface area contributed by atoms with Gasteiger partial charge in [0.25, 0.3) is 0 Å². The zero-order valence-corrected chi connectivity index (χ0v) is 17.4. The van der Waals surface area contributed by atoms with Crippen LogP contribution in [-0.4, -0.2) is 38.9 Å². The molecule has 2 aromatic rings. The number of carboxylic acids is 2. The topological polar surface area (TPSA) is 141 Å². The zero-order valence-electron chi connectivity index (χ0n) is 16.6. The number of carbonyl (C=O) groups is 2. The molecule has 0 spiro atoms. The van der Waals surface area contributed by atoms with Gasteiger partial charge in [-0.15, -0.1) is 12.4 Å². The van der Waals surface area contributed by atoms with Crippen LogP contribution >= 0.6 is 12.4 Å². The highest BCUT2D eigenvalue weighted by Gasteiger charge is 2.22. The monoisotopic (exact) mass is 415 g/mol. The third kappa shape index (κ3) is 8.92. The Morgan fingerprint density at radius 1 is 1.00 bits per heavy atom. The fourth-order valence-electron chi connectivity index (χ4n) is 2.06. The van der Waals surface area contributed by atoms with Gasteiger partial charge >= 0.3 is 11.9 Å². The molecule has 2 rings (SSSR count). The summed E-state index contributed by atoms with van der Waals surface area (Å²) in [7, 11) is 0. The number of nitrogens with two attached hydrogens (primary N) is 1. The van der Waals surface area contributed by atoms with E-state index in [9.17, 15) is 19.8 Å². The highest BCUT2D eigenvalue weighted by Crippen LogP contribution is 2.37. The lowest BCUT2D eigenvalue weighted by molar-refractivity contribution is -0.137. The van der Waals surface area contributed by atoms with Crippen LogP contribution in [0.3, 0.4) is 0 Å². The van der Waals surface area contributed by atoms with Gasteiger partial charge in [0.1, 0.15) is 11.5 Å². The maximum Gasteiger partial charge on any atom is 0.303 e. The van der Waals surface area contributed by atoms with Crippen molar-refractivity contribution < 1.29 is 30.0 Å². The lowest BCUT2D eigenvalue weighted by Crippen LogP contribution is -2.28. The standard InChI is InChI=1S/C14H17NO2.2C3H6O2.ClH/c1-14(2,8-15)11-5-3-4-9-6-10(16)7-12(17)13(9)11;2*1-2-3(4)5;/h3-7,16-17H,8,15H2,1-2H3;2*2H2,1H3,(H,4,5);1H. The Morgan fingerprint density at radius 2 is 1.46 bits per heavy atom. The fraction of sp³-hybridized carbons (Fsp3) is 0.400. The van der Waals surface area contributed by atoms with Crippen molar-refractivity contribution >= 4 is 35.1 Å². The van der Waals surface area contributed by atoms with Crippen LogP contribution in [0.15, 0.2) is 30.3 Å². The van der Waals surface area contributed by atoms with E-state index in [0.717, 1.165) is 16.3 Å². The lowest BCUT2D eigenvalue weighted by atomic mass is 9.81. The van der Waals surface area contributed by atoms with Gasteiger partial charge in [-0.2, -0.15) is 0 Å². The third-order valence-corrected chi connectivity index (χ3v) is 3.79. The number of hydrogen-bond acceptors (Lipinski definition) is 5. The SMILES string of the molecule is CC(C)(CN)c1cccc2cc(O)cc(O)c12.CCC(=O)O.CCC(=O)O.Cl. The Labute approximate surface area is 171 Å². The molecule has 0 aliphatic rings. The minimum Gasteiger partial charge on any atom is -0.508 e. The molecule has 0 aliphatic carbocycles. The molecule has 2 aromatic carbocycles. The first-order chi connectivity index (χ1) is 12.5. The molecule has 0 aliphatic heterocycles. The fourth-order valence-corrected chi connectivity index (χ4v) is 2.06. The van der Waals surface area contributed by atoms with Gasteiger partial charge in [0, 0.05) is 36.3 Å². The van der Waals surface area contributed by atoms with E-state index >= 15 is 0 Å². The van der Waals surface area contributed by atoms with Crippen LogP contribution in [0.5, 0.6) is 11.5 Å². The van der Waals surface area contributed by atoms with Crippen molar-refractivity contribution in [2.45, 2.75) is 46.0 Å². The molecule has 0 bridgehead atoms. The quantitative estimate of drug-likeness (QED) is 0.510. The predicted molar refractivity (Wildman–Crippen MR) is 112 cm³/mol. The normalized spacial score (nSPS) is 9.89. The molecule has 0 saturated carbocycles. The first-order valence-corrected chi connectivity index (χ1v) is 8.58. The van der Waals surface area contributed by atoms with E-state index < -0.39 is 11.9 Å². The van der Waals surface area contributed by atoms with Crippen LogP contribution in [0.4, 0.5) is 0 Å². The highest BCUT2D eigenvalue weighted by molar-refractivity contribution is 5.93. The first kappa shape index (κ1) is 27.7. The number of aliphatic carboxylic acids is 2. The Bertz CT molecular complexity index is 763. The Balaban J connectivity index is 0. The van der Waals surface area contributed by atoms with E-state index in [-0.39, 0.29) is 42.2 Å². The molecule has 0 fully saturated rings. The molecule has 6 N–H and O–H groups in total. The van der Waals surface area contributed by atoms with Gasteiger partial charge in [0.15, 0.2) is 0 Å². The Kier molecular flexibility index (Phi) is 12.7. The summed E-state index contributed by atoms with van der Waals surface area (Å²) < 4.78 is 0. The van der Waals surface area contributed by atoms with Crippen molar-refractivity contribution in [3.63, 3.8) is 0 Å². The van der Waals surface area contributed by atoms with E-state index in [1.807, 2.05) is 32.0 Å². The van der Waals surface area contributed by atoms with Crippen LogP contribution in [0.1, 0.15) is 46.1 Å². The van der Waals surface area contributed by atoms with Gasteiger partial charge in [0.2, 0.25) is 0 Å². The maximum absolute atomic E-state index is 9.99. The van der Waals surface area contributed by atoms with Gasteiger partial charge in [-0.05, 0) is 17.0 Å². The first-order valence-electron chi connectivity index (χ1n) is 8.58. The number of halogens is 1. The number of benzene rings is 2. The summed E-state index contributed by atoms with van der Waals surface area (Å²) in [5.41, 5.74) is 6.56. The molecule has 0 saturated heterocycles. The Hall–Kier alpha value is -2.51. The molecule has 0 unspecified atom stereocenters. The highest BCUT2D eigenvalue weighted by atomic mass is 35.5. The van der Waals surface area contributed by atoms with Gasteiger partial charge < -0.3 is 26.2 Å². The molecule has 28 heavy (non-hydrogen) atoms. The number of rotatable bonds is 4. The number of aromatic hydroxyl groups is 2. The van der Waals surface area contributed by atoms with Crippen molar-refractivity contribution in [1.29, 1.82) is 0 Å². The molecule has 0 aromatic heterocycles. The van der Waals surface area contributed by atoms with Gasteiger partial charge in [-0.25, -0.2) is 0 Å². The largest absolute Gasteiger partial charge is 0.508 e.